The van der Waals surface area contributed by atoms with E-state index in [1.807, 2.05) is 7.05 Å². The third-order valence-corrected chi connectivity index (χ3v) is 4.83. The molecule has 7 nitrogen and oxygen atoms in total. The Kier molecular flexibility index (Phi) is 5.44. The van der Waals surface area contributed by atoms with Crippen LogP contribution in [0.3, 0.4) is 0 Å². The summed E-state index contributed by atoms with van der Waals surface area (Å²) in [6.07, 6.45) is 3.24. The van der Waals surface area contributed by atoms with Crippen LogP contribution in [0.4, 0.5) is 5.82 Å². The second-order valence-electron chi connectivity index (χ2n) is 6.40. The van der Waals surface area contributed by atoms with E-state index in [4.69, 9.17) is 16.3 Å². The van der Waals surface area contributed by atoms with Gasteiger partial charge in [0.2, 0.25) is 0 Å². The van der Waals surface area contributed by atoms with Gasteiger partial charge in [-0.2, -0.15) is 0 Å². The van der Waals surface area contributed by atoms with Gasteiger partial charge >= 0.3 is 5.97 Å². The molecule has 0 amide bonds. The summed E-state index contributed by atoms with van der Waals surface area (Å²) in [4.78, 5) is 25.9. The number of nitrogens with one attached hydrogen (secondary N) is 1. The average molecular weight is 367 g/mol. The summed E-state index contributed by atoms with van der Waals surface area (Å²) >= 11 is 6.18. The normalized spacial score (nSPS) is 20.6. The predicted octanol–water partition coefficient (Wildman–Crippen LogP) is 2.46. The molecule has 2 N–H and O–H groups in total. The Hall–Kier alpha value is -1.86. The summed E-state index contributed by atoms with van der Waals surface area (Å²) in [6, 6.07) is 1.99. The smallest absolute Gasteiger partial charge is 0.313 e. The molecule has 3 rings (SSSR count). The molecule has 25 heavy (non-hydrogen) atoms. The van der Waals surface area contributed by atoms with Crippen LogP contribution in [0.2, 0.25) is 5.15 Å². The molecule has 0 unspecified atom stereocenters. The Morgan fingerprint density at radius 2 is 2.12 bits per heavy atom. The zero-order valence-corrected chi connectivity index (χ0v) is 15.2. The van der Waals surface area contributed by atoms with E-state index in [1.54, 1.807) is 13.0 Å². The Morgan fingerprint density at radius 3 is 2.80 bits per heavy atom. The van der Waals surface area contributed by atoms with Crippen molar-refractivity contribution in [3.63, 3.8) is 0 Å². The number of anilines is 1. The van der Waals surface area contributed by atoms with Gasteiger partial charge in [-0.1, -0.05) is 11.6 Å². The van der Waals surface area contributed by atoms with E-state index < -0.39 is 0 Å². The van der Waals surface area contributed by atoms with Gasteiger partial charge in [0.05, 0.1) is 18.2 Å². The number of carbonyl (C=O) groups excluding carboxylic acids is 1. The van der Waals surface area contributed by atoms with Gasteiger partial charge in [-0.3, -0.25) is 4.79 Å². The van der Waals surface area contributed by atoms with Crippen LogP contribution in [0.5, 0.6) is 0 Å². The van der Waals surface area contributed by atoms with Gasteiger partial charge in [0.15, 0.2) is 5.82 Å². The number of aromatic amines is 1. The highest BCUT2D eigenvalue weighted by atomic mass is 35.5. The van der Waals surface area contributed by atoms with Gasteiger partial charge in [0.1, 0.15) is 22.9 Å². The fourth-order valence-corrected chi connectivity index (χ4v) is 3.50. The lowest BCUT2D eigenvalue weighted by molar-refractivity contribution is -0.142. The number of esters is 1. The van der Waals surface area contributed by atoms with Gasteiger partial charge in [0.25, 0.3) is 0 Å². The molecule has 2 aromatic rings. The summed E-state index contributed by atoms with van der Waals surface area (Å²) in [5.41, 5.74) is 1.44. The summed E-state index contributed by atoms with van der Waals surface area (Å²) in [6.45, 7) is 2.11. The molecule has 1 saturated carbocycles. The summed E-state index contributed by atoms with van der Waals surface area (Å²) in [5.74, 6) is 0.901. The summed E-state index contributed by atoms with van der Waals surface area (Å²) < 4.78 is 4.97. The van der Waals surface area contributed by atoms with E-state index in [0.29, 0.717) is 28.9 Å². The molecule has 0 saturated heterocycles. The molecule has 0 radical (unpaired) electrons. The Bertz CT molecular complexity index is 756. The molecule has 2 aromatic heterocycles. The molecule has 0 atom stereocenters. The molecule has 136 valence electrons. The van der Waals surface area contributed by atoms with Crippen LogP contribution in [-0.2, 0) is 16.0 Å². The first-order chi connectivity index (χ1) is 12.0. The minimum absolute atomic E-state index is 0.0823. The molecular weight excluding hydrogens is 344 g/mol. The molecule has 0 bridgehead atoms. The molecule has 8 heteroatoms. The molecule has 0 aliphatic heterocycles. The number of hydrogen-bond donors (Lipinski definition) is 2. The summed E-state index contributed by atoms with van der Waals surface area (Å²) in [7, 11) is 1.97. The minimum Gasteiger partial charge on any atom is -0.466 e. The molecule has 0 aromatic carbocycles. The highest BCUT2D eigenvalue weighted by Gasteiger charge is 2.26. The van der Waals surface area contributed by atoms with Gasteiger partial charge in [-0.05, 0) is 32.6 Å². The largest absolute Gasteiger partial charge is 0.466 e. The number of ether oxygens (including phenoxy) is 1. The molecule has 1 fully saturated rings. The minimum atomic E-state index is -0.322. The van der Waals surface area contributed by atoms with E-state index in [0.717, 1.165) is 31.2 Å². The number of aliphatic hydroxyl groups excluding tert-OH is 1. The Balaban J connectivity index is 1.89. The standard InChI is InChI=1S/C17H23ClN4O3/c1-3-25-15(24)9-14-19-12-8-13(18)20-17(16(12)21-14)22(2)10-4-6-11(23)7-5-10/h8,10-11,23H,3-7,9H2,1-2H3,(H,19,21). The number of nitrogens with zero attached hydrogens (tertiary/aromatic N) is 3. The Labute approximate surface area is 151 Å². The van der Waals surface area contributed by atoms with Crippen molar-refractivity contribution in [2.75, 3.05) is 18.6 Å². The fourth-order valence-electron chi connectivity index (χ4n) is 3.32. The maximum atomic E-state index is 11.7. The first-order valence-electron chi connectivity index (χ1n) is 8.59. The number of halogens is 1. The maximum Gasteiger partial charge on any atom is 0.313 e. The molecule has 1 aliphatic rings. The zero-order valence-electron chi connectivity index (χ0n) is 14.5. The van der Waals surface area contributed by atoms with Crippen LogP contribution in [0.15, 0.2) is 6.07 Å². The van der Waals surface area contributed by atoms with Crippen LogP contribution in [-0.4, -0.2) is 51.8 Å². The van der Waals surface area contributed by atoms with E-state index in [9.17, 15) is 9.90 Å². The van der Waals surface area contributed by atoms with Crippen LogP contribution in [0, 0.1) is 0 Å². The monoisotopic (exact) mass is 366 g/mol. The third-order valence-electron chi connectivity index (χ3n) is 4.63. The van der Waals surface area contributed by atoms with Crippen molar-refractivity contribution < 1.29 is 14.6 Å². The fraction of sp³-hybridized carbons (Fsp3) is 0.588. The third kappa shape index (κ3) is 4.04. The van der Waals surface area contributed by atoms with Crippen molar-refractivity contribution >= 4 is 34.4 Å². The van der Waals surface area contributed by atoms with Crippen LogP contribution < -0.4 is 4.90 Å². The summed E-state index contributed by atoms with van der Waals surface area (Å²) in [5, 5.41) is 10.1. The van der Waals surface area contributed by atoms with Crippen LogP contribution in [0.25, 0.3) is 11.0 Å². The van der Waals surface area contributed by atoms with Crippen molar-refractivity contribution in [3.05, 3.63) is 17.0 Å². The van der Waals surface area contributed by atoms with Gasteiger partial charge in [0, 0.05) is 19.2 Å². The van der Waals surface area contributed by atoms with Crippen molar-refractivity contribution in [1.82, 2.24) is 15.0 Å². The van der Waals surface area contributed by atoms with Crippen LogP contribution in [0.1, 0.15) is 38.4 Å². The second kappa shape index (κ2) is 7.58. The number of imidazole rings is 1. The van der Waals surface area contributed by atoms with Crippen LogP contribution >= 0.6 is 11.6 Å². The first-order valence-corrected chi connectivity index (χ1v) is 8.97. The highest BCUT2D eigenvalue weighted by Crippen LogP contribution is 2.31. The molecule has 2 heterocycles. The highest BCUT2D eigenvalue weighted by molar-refractivity contribution is 6.30. The predicted molar refractivity (Wildman–Crippen MR) is 95.9 cm³/mol. The molecule has 1 aliphatic carbocycles. The first kappa shape index (κ1) is 17.9. The van der Waals surface area contributed by atoms with E-state index in [2.05, 4.69) is 19.9 Å². The quantitative estimate of drug-likeness (QED) is 0.624. The SMILES string of the molecule is CCOC(=O)Cc1nc2c(N(C)C3CCC(O)CC3)nc(Cl)cc2[nH]1. The van der Waals surface area contributed by atoms with Gasteiger partial charge in [-0.25, -0.2) is 9.97 Å². The number of fused-ring (bicyclic) bond motifs is 1. The topological polar surface area (TPSA) is 91.3 Å². The Morgan fingerprint density at radius 1 is 1.40 bits per heavy atom. The molecule has 0 spiro atoms. The lowest BCUT2D eigenvalue weighted by Crippen LogP contribution is -2.37. The second-order valence-corrected chi connectivity index (χ2v) is 6.79. The molecular formula is C17H23ClN4O3. The lowest BCUT2D eigenvalue weighted by atomic mass is 9.92. The number of hydrogen-bond acceptors (Lipinski definition) is 6. The van der Waals surface area contributed by atoms with Gasteiger partial charge in [-0.15, -0.1) is 0 Å². The number of aliphatic hydroxyl groups is 1. The number of aromatic nitrogens is 3. The maximum absolute atomic E-state index is 11.7. The number of carbonyl (C=O) groups is 1. The van der Waals surface area contributed by atoms with Crippen molar-refractivity contribution in [2.24, 2.45) is 0 Å². The number of rotatable bonds is 5. The van der Waals surface area contributed by atoms with Crippen molar-refractivity contribution in [2.45, 2.75) is 51.2 Å². The average Bonchev–Trinajstić information content (AvgIpc) is 2.96. The lowest BCUT2D eigenvalue weighted by Gasteiger charge is -2.33. The number of H-pyrrole nitrogens is 1. The van der Waals surface area contributed by atoms with Crippen molar-refractivity contribution in [1.29, 1.82) is 0 Å². The van der Waals surface area contributed by atoms with E-state index >= 15 is 0 Å². The van der Waals surface area contributed by atoms with Crippen molar-refractivity contribution in [3.8, 4) is 0 Å². The number of pyridine rings is 1. The van der Waals surface area contributed by atoms with E-state index in [-0.39, 0.29) is 24.5 Å². The van der Waals surface area contributed by atoms with E-state index in [1.165, 1.54) is 0 Å². The van der Waals surface area contributed by atoms with Gasteiger partial charge < -0.3 is 19.7 Å². The zero-order chi connectivity index (χ0) is 18.0.